The van der Waals surface area contributed by atoms with Gasteiger partial charge >= 0.3 is 42.6 Å². The molecule has 3 fully saturated rings. The molecule has 0 saturated carbocycles. The Bertz CT molecular complexity index is 3320. The Kier molecular flexibility index (Phi) is 17.7. The van der Waals surface area contributed by atoms with Crippen molar-refractivity contribution in [3.63, 3.8) is 0 Å². The van der Waals surface area contributed by atoms with E-state index in [0.717, 1.165) is 36.6 Å². The first-order valence-electron chi connectivity index (χ1n) is 22.7. The molecule has 77 heavy (non-hydrogen) atoms. The summed E-state index contributed by atoms with van der Waals surface area (Å²) in [7, 11) is -20.8. The summed E-state index contributed by atoms with van der Waals surface area (Å²) in [4.78, 5) is 99.9. The van der Waals surface area contributed by atoms with Crippen molar-refractivity contribution in [2.75, 3.05) is 51.6 Å². The van der Waals surface area contributed by atoms with Crippen LogP contribution in [0.15, 0.2) is 45.6 Å². The van der Waals surface area contributed by atoms with Gasteiger partial charge in [0, 0.05) is 38.5 Å². The maximum Gasteiger partial charge on any atom is 0.490 e. The summed E-state index contributed by atoms with van der Waals surface area (Å²) < 4.78 is 116. The van der Waals surface area contributed by atoms with Crippen molar-refractivity contribution in [2.24, 2.45) is 13.0 Å². The number of phosphoric acid groups is 4. The van der Waals surface area contributed by atoms with E-state index in [4.69, 9.17) is 53.2 Å². The number of aromatic amines is 2. The topological polar surface area (TPSA) is 516 Å². The van der Waals surface area contributed by atoms with Crippen LogP contribution in [-0.4, -0.2) is 167 Å². The normalized spacial score (nSPS) is 29.9. The number of fused-ring (bicyclic) bond motifs is 2. The third kappa shape index (κ3) is 13.0. The van der Waals surface area contributed by atoms with Gasteiger partial charge in [0.15, 0.2) is 30.2 Å². The molecular formula is C36H53N12O25P4+. The lowest BCUT2D eigenvalue weighted by Crippen LogP contribution is -2.45. The first kappa shape index (κ1) is 58.5. The molecule has 0 aromatic carbocycles. The molecule has 8 rings (SSSR count). The van der Waals surface area contributed by atoms with Crippen LogP contribution in [0.5, 0.6) is 0 Å². The molecule has 426 valence electrons. The molecule has 3 aliphatic heterocycles. The van der Waals surface area contributed by atoms with E-state index in [9.17, 15) is 67.5 Å². The number of aliphatic hydroxyl groups is 3. The molecule has 41 heteroatoms. The Morgan fingerprint density at radius 1 is 0.779 bits per heavy atom. The number of nitrogen functional groups attached to an aromatic ring is 2. The highest BCUT2D eigenvalue weighted by Gasteiger charge is 2.54. The fourth-order valence-electron chi connectivity index (χ4n) is 8.70. The van der Waals surface area contributed by atoms with Crippen LogP contribution in [0.3, 0.4) is 0 Å². The van der Waals surface area contributed by atoms with E-state index in [1.807, 2.05) is 11.9 Å². The number of imidazole rings is 2. The van der Waals surface area contributed by atoms with Gasteiger partial charge in [0.2, 0.25) is 11.7 Å². The number of ether oxygens (including phenoxy) is 5. The van der Waals surface area contributed by atoms with E-state index in [1.165, 1.54) is 27.1 Å². The zero-order chi connectivity index (χ0) is 55.9. The predicted molar refractivity (Wildman–Crippen MR) is 251 cm³/mol. The smallest absolute Gasteiger partial charge is 0.387 e. The van der Waals surface area contributed by atoms with Crippen molar-refractivity contribution in [3.05, 3.63) is 62.4 Å². The Labute approximate surface area is 430 Å². The molecule has 3 saturated heterocycles. The highest BCUT2D eigenvalue weighted by atomic mass is 31.3. The van der Waals surface area contributed by atoms with Crippen molar-refractivity contribution in [3.8, 4) is 0 Å². The third-order valence-corrected chi connectivity index (χ3v) is 17.3. The SMILES string of the molecule is CCCOCC[C@@H]1[C@@H](COP(=O)(O)OP(=O)(O)OP(=O)(O)OC[C@H]2O[C@@H](n3cnc4c(N)ncnc43)[C@H](OC)[C@@H]2OP(=O)(O)OC[C@H]2O[C@@H](n3ccc(=O)[nH]c3=O)[C@H](O)[C@@H]2O)OC([n+]2cn(C)c3c(=O)[nH]c(N)nc32)[C@@H]1O. The average molecular weight is 1180 g/mol. The minimum Gasteiger partial charge on any atom is -0.387 e. The first-order valence-corrected chi connectivity index (χ1v) is 28.7. The van der Waals surface area contributed by atoms with E-state index in [2.05, 4.69) is 33.5 Å². The van der Waals surface area contributed by atoms with Crippen LogP contribution in [-0.2, 0) is 75.7 Å². The van der Waals surface area contributed by atoms with Gasteiger partial charge in [0.1, 0.15) is 54.6 Å². The molecule has 16 atom stereocenters. The molecule has 5 aromatic rings. The van der Waals surface area contributed by atoms with E-state index < -0.39 is 141 Å². The highest BCUT2D eigenvalue weighted by molar-refractivity contribution is 7.66. The van der Waals surface area contributed by atoms with Crippen molar-refractivity contribution < 1.29 is 108 Å². The minimum absolute atomic E-state index is 0.00319. The number of hydrogen-bond acceptors (Lipinski definition) is 27. The number of nitrogens with two attached hydrogens (primary N) is 2. The second-order valence-corrected chi connectivity index (χ2v) is 23.3. The maximum atomic E-state index is 13.6. The Morgan fingerprint density at radius 2 is 1.44 bits per heavy atom. The number of rotatable bonds is 24. The number of H-pyrrole nitrogens is 2. The van der Waals surface area contributed by atoms with E-state index in [0.29, 0.717) is 13.0 Å². The molecule has 0 amide bonds. The quantitative estimate of drug-likeness (QED) is 0.0169. The van der Waals surface area contributed by atoms with Crippen LogP contribution in [0, 0.1) is 5.92 Å². The van der Waals surface area contributed by atoms with E-state index in [-0.39, 0.29) is 47.1 Å². The van der Waals surface area contributed by atoms with Crippen molar-refractivity contribution >= 4 is 65.4 Å². The molecule has 37 nitrogen and oxygen atoms in total. The molecule has 3 aliphatic rings. The molecule has 0 aliphatic carbocycles. The van der Waals surface area contributed by atoms with Gasteiger partial charge < -0.3 is 70.0 Å². The molecule has 0 bridgehead atoms. The standard InChI is InChI=1S/C36H52N12O25P4/c1-4-8-64-9-6-16-17(68-32(23(16)50)48-15-45(2)22-30(48)43-35(38)44-31(22)53)10-66-75(57,58)72-77(61,62)73-76(59,60)67-12-19-26(27(63-3)34(70-19)47-14-41-21-28(37)39-13-40-29(21)47)71-74(55,56)65-11-18-24(51)25(52)33(69-18)46-7-5-20(49)42-36(46)54/h5,7,13-19,23-27,32-34,50-52H,4,6,8-12H2,1-3H3,(H9-,37,38,39,40,42,43,44,49,53,54,55,56,57,58,59,60,61,62)/p+1/t16-,17-,18-,19-,23-,24-,25-,26-,27-,32?,33-,34-/m1/s1. The molecule has 5 unspecified atom stereocenters. The van der Waals surface area contributed by atoms with Gasteiger partial charge in [-0.05, 0) is 12.8 Å². The zero-order valence-corrected chi connectivity index (χ0v) is 43.8. The number of anilines is 2. The van der Waals surface area contributed by atoms with Gasteiger partial charge in [-0.2, -0.15) is 8.62 Å². The molecule has 13 N–H and O–H groups in total. The summed E-state index contributed by atoms with van der Waals surface area (Å²) in [5.41, 5.74) is 9.39. The van der Waals surface area contributed by atoms with Crippen molar-refractivity contribution in [1.29, 1.82) is 0 Å². The maximum absolute atomic E-state index is 13.6. The Morgan fingerprint density at radius 3 is 2.12 bits per heavy atom. The lowest BCUT2D eigenvalue weighted by Gasteiger charge is -2.26. The summed E-state index contributed by atoms with van der Waals surface area (Å²) in [6.45, 7) is -0.928. The number of aromatic nitrogens is 10. The summed E-state index contributed by atoms with van der Waals surface area (Å²) in [5, 5.41) is 32.8. The van der Waals surface area contributed by atoms with Crippen LogP contribution in [0.1, 0.15) is 38.4 Å². The van der Waals surface area contributed by atoms with Crippen LogP contribution in [0.25, 0.3) is 22.3 Å². The van der Waals surface area contributed by atoms with Crippen LogP contribution >= 0.6 is 31.3 Å². The lowest BCUT2D eigenvalue weighted by molar-refractivity contribution is -0.745. The molecule has 0 radical (unpaired) electrons. The highest BCUT2D eigenvalue weighted by Crippen LogP contribution is 2.68. The number of methoxy groups -OCH3 is 1. The van der Waals surface area contributed by atoms with Gasteiger partial charge in [0.05, 0.1) is 39.3 Å². The Hall–Kier alpha value is -4.62. The molecule has 5 aromatic heterocycles. The van der Waals surface area contributed by atoms with Crippen LogP contribution in [0.4, 0.5) is 11.8 Å². The minimum atomic E-state index is -6.18. The van der Waals surface area contributed by atoms with Crippen molar-refractivity contribution in [1.82, 2.24) is 43.6 Å². The largest absolute Gasteiger partial charge is 0.490 e. The summed E-state index contributed by atoms with van der Waals surface area (Å²) in [6, 6.07) is 0.928. The average Bonchev–Trinajstić information content (AvgIpc) is 4.22. The number of hydrogen-bond donors (Lipinski definition) is 11. The van der Waals surface area contributed by atoms with E-state index >= 15 is 0 Å². The number of aryl methyl sites for hydroxylation is 1. The fraction of sp³-hybridized carbons (Fsp3) is 0.611. The van der Waals surface area contributed by atoms with E-state index in [1.54, 1.807) is 0 Å². The summed E-state index contributed by atoms with van der Waals surface area (Å²) in [6.07, 6.45) is -12.4. The number of aliphatic hydroxyl groups excluding tert-OH is 3. The second kappa shape index (κ2) is 23.2. The number of nitrogens with one attached hydrogen (secondary N) is 2. The lowest BCUT2D eigenvalue weighted by atomic mass is 9.95. The first-order chi connectivity index (χ1) is 36.2. The van der Waals surface area contributed by atoms with Crippen LogP contribution < -0.4 is 32.8 Å². The predicted octanol–water partition coefficient (Wildman–Crippen LogP) is -2.80. The van der Waals surface area contributed by atoms with Gasteiger partial charge in [-0.1, -0.05) is 11.9 Å². The zero-order valence-electron chi connectivity index (χ0n) is 40.3. The summed E-state index contributed by atoms with van der Waals surface area (Å²) in [5.74, 6) is -1.28. The van der Waals surface area contributed by atoms with Gasteiger partial charge in [-0.25, -0.2) is 42.6 Å². The van der Waals surface area contributed by atoms with Crippen LogP contribution in [0.2, 0.25) is 0 Å². The third-order valence-electron chi connectivity index (χ3n) is 12.1. The van der Waals surface area contributed by atoms with Gasteiger partial charge in [0.25, 0.3) is 17.1 Å². The Balaban J connectivity index is 0.943. The van der Waals surface area contributed by atoms with Gasteiger partial charge in [-0.3, -0.25) is 51.4 Å². The second-order valence-electron chi connectivity index (χ2n) is 17.3. The fourth-order valence-corrected chi connectivity index (χ4v) is 13.2. The molecule has 0 spiro atoms. The molecular weight excluding hydrogens is 1120 g/mol. The number of phosphoric ester groups is 3. The monoisotopic (exact) mass is 1180 g/mol. The summed E-state index contributed by atoms with van der Waals surface area (Å²) >= 11 is 0. The van der Waals surface area contributed by atoms with Gasteiger partial charge in [-0.15, -0.1) is 0 Å². The number of nitrogens with zero attached hydrogens (tertiary/aromatic N) is 8. The van der Waals surface area contributed by atoms with Crippen molar-refractivity contribution in [2.45, 2.75) is 87.3 Å². The molecule has 8 heterocycles.